The lowest BCUT2D eigenvalue weighted by Crippen LogP contribution is -2.56. The predicted octanol–water partition coefficient (Wildman–Crippen LogP) is 3.91. The normalized spacial score (nSPS) is 19.1. The SMILES string of the molecule is Nc1ccccc1NC(=O)c1ccc(N2C[C@H]3CC[C@@H](C2)N3C(=O)OCc2ccccc2)nc1. The van der Waals surface area contributed by atoms with Gasteiger partial charge in [-0.15, -0.1) is 0 Å². The van der Waals surface area contributed by atoms with Crippen LogP contribution < -0.4 is 16.0 Å². The van der Waals surface area contributed by atoms with E-state index < -0.39 is 0 Å². The number of pyridine rings is 1. The van der Waals surface area contributed by atoms with Gasteiger partial charge in [0.2, 0.25) is 0 Å². The molecule has 2 saturated heterocycles. The smallest absolute Gasteiger partial charge is 0.410 e. The first-order valence-electron chi connectivity index (χ1n) is 11.4. The van der Waals surface area contributed by atoms with Crippen LogP contribution >= 0.6 is 0 Å². The number of nitrogens with zero attached hydrogens (tertiary/aromatic N) is 3. The average Bonchev–Trinajstić information content (AvgIpc) is 3.14. The van der Waals surface area contributed by atoms with E-state index in [1.807, 2.05) is 53.4 Å². The van der Waals surface area contributed by atoms with Crippen molar-refractivity contribution in [3.63, 3.8) is 0 Å². The van der Waals surface area contributed by atoms with Gasteiger partial charge in [0.15, 0.2) is 0 Å². The molecule has 2 fully saturated rings. The van der Waals surface area contributed by atoms with Gasteiger partial charge in [0.1, 0.15) is 12.4 Å². The Morgan fingerprint density at radius 2 is 1.68 bits per heavy atom. The average molecular weight is 458 g/mol. The molecule has 0 radical (unpaired) electrons. The second-order valence-electron chi connectivity index (χ2n) is 8.68. The molecule has 3 aromatic rings. The third kappa shape index (κ3) is 4.52. The fourth-order valence-corrected chi connectivity index (χ4v) is 4.69. The van der Waals surface area contributed by atoms with Gasteiger partial charge in [-0.1, -0.05) is 42.5 Å². The van der Waals surface area contributed by atoms with Crippen LogP contribution in [0.25, 0.3) is 0 Å². The van der Waals surface area contributed by atoms with Crippen LogP contribution in [-0.4, -0.2) is 47.1 Å². The number of carbonyl (C=O) groups excluding carboxylic acids is 2. The first-order chi connectivity index (χ1) is 16.6. The van der Waals surface area contributed by atoms with Gasteiger partial charge in [-0.05, 0) is 42.7 Å². The Balaban J connectivity index is 1.20. The molecule has 5 rings (SSSR count). The van der Waals surface area contributed by atoms with Crippen molar-refractivity contribution < 1.29 is 14.3 Å². The van der Waals surface area contributed by atoms with Crippen molar-refractivity contribution in [1.29, 1.82) is 0 Å². The molecule has 3 heterocycles. The van der Waals surface area contributed by atoms with Gasteiger partial charge in [-0.3, -0.25) is 9.69 Å². The summed E-state index contributed by atoms with van der Waals surface area (Å²) in [7, 11) is 0. The van der Waals surface area contributed by atoms with E-state index in [4.69, 9.17) is 10.5 Å². The number of nitrogens with two attached hydrogens (primary N) is 1. The summed E-state index contributed by atoms with van der Waals surface area (Å²) in [5, 5.41) is 2.82. The summed E-state index contributed by atoms with van der Waals surface area (Å²) >= 11 is 0. The Morgan fingerprint density at radius 1 is 0.971 bits per heavy atom. The second-order valence-corrected chi connectivity index (χ2v) is 8.68. The first-order valence-corrected chi connectivity index (χ1v) is 11.4. The molecule has 2 atom stereocenters. The largest absolute Gasteiger partial charge is 0.445 e. The molecule has 2 amide bonds. The van der Waals surface area contributed by atoms with Gasteiger partial charge in [0.05, 0.1) is 29.0 Å². The van der Waals surface area contributed by atoms with Crippen molar-refractivity contribution in [3.05, 3.63) is 84.1 Å². The fourth-order valence-electron chi connectivity index (χ4n) is 4.69. The number of carbonyl (C=O) groups is 2. The topological polar surface area (TPSA) is 101 Å². The molecule has 2 bridgehead atoms. The summed E-state index contributed by atoms with van der Waals surface area (Å²) in [5.74, 6) is 0.535. The molecule has 0 aliphatic carbocycles. The lowest BCUT2D eigenvalue weighted by Gasteiger charge is -2.40. The fraction of sp³-hybridized carbons (Fsp3) is 0.269. The number of aromatic nitrogens is 1. The third-order valence-electron chi connectivity index (χ3n) is 6.44. The van der Waals surface area contributed by atoms with Crippen LogP contribution in [0.5, 0.6) is 0 Å². The highest BCUT2D eigenvalue weighted by atomic mass is 16.6. The maximum absolute atomic E-state index is 12.8. The monoisotopic (exact) mass is 457 g/mol. The zero-order chi connectivity index (χ0) is 23.5. The number of hydrogen-bond acceptors (Lipinski definition) is 6. The summed E-state index contributed by atoms with van der Waals surface area (Å²) in [6.45, 7) is 1.66. The molecular formula is C26H27N5O3. The molecule has 1 aromatic heterocycles. The van der Waals surface area contributed by atoms with Crippen LogP contribution in [0, 0.1) is 0 Å². The van der Waals surface area contributed by atoms with Gasteiger partial charge >= 0.3 is 6.09 Å². The van der Waals surface area contributed by atoms with Gasteiger partial charge in [-0.25, -0.2) is 9.78 Å². The van der Waals surface area contributed by atoms with E-state index in [1.165, 1.54) is 0 Å². The molecule has 0 saturated carbocycles. The molecule has 2 aromatic carbocycles. The zero-order valence-electron chi connectivity index (χ0n) is 18.8. The highest BCUT2D eigenvalue weighted by Gasteiger charge is 2.43. The van der Waals surface area contributed by atoms with E-state index in [2.05, 4.69) is 15.2 Å². The van der Waals surface area contributed by atoms with Gasteiger partial charge in [-0.2, -0.15) is 0 Å². The number of piperazine rings is 1. The van der Waals surface area contributed by atoms with Crippen LogP contribution in [0.3, 0.4) is 0 Å². The van der Waals surface area contributed by atoms with Crippen molar-refractivity contribution in [2.75, 3.05) is 29.0 Å². The molecule has 34 heavy (non-hydrogen) atoms. The van der Waals surface area contributed by atoms with E-state index in [-0.39, 0.29) is 30.7 Å². The standard InChI is InChI=1S/C26H27N5O3/c27-22-8-4-5-9-23(22)29-25(32)19-10-13-24(28-14-19)30-15-20-11-12-21(16-30)31(20)26(33)34-17-18-6-2-1-3-7-18/h1-10,13-14,20-21H,11-12,15-17,27H2,(H,29,32)/t20-,21+. The van der Waals surface area contributed by atoms with E-state index in [9.17, 15) is 9.59 Å². The molecule has 0 spiro atoms. The highest BCUT2D eigenvalue weighted by Crippen LogP contribution is 2.33. The summed E-state index contributed by atoms with van der Waals surface area (Å²) in [5.41, 5.74) is 8.42. The number of anilines is 3. The van der Waals surface area contributed by atoms with Gasteiger partial charge in [0.25, 0.3) is 5.91 Å². The van der Waals surface area contributed by atoms with Gasteiger partial charge in [0, 0.05) is 19.3 Å². The number of fused-ring (bicyclic) bond motifs is 2. The van der Waals surface area contributed by atoms with Crippen LogP contribution in [0.4, 0.5) is 22.0 Å². The molecular weight excluding hydrogens is 430 g/mol. The van der Waals surface area contributed by atoms with Crippen LogP contribution in [0.1, 0.15) is 28.8 Å². The number of rotatable bonds is 5. The minimum Gasteiger partial charge on any atom is -0.445 e. The van der Waals surface area contributed by atoms with Gasteiger partial charge < -0.3 is 20.7 Å². The third-order valence-corrected chi connectivity index (χ3v) is 6.44. The summed E-state index contributed by atoms with van der Waals surface area (Å²) < 4.78 is 5.59. The zero-order valence-corrected chi connectivity index (χ0v) is 18.8. The number of benzene rings is 2. The quantitative estimate of drug-likeness (QED) is 0.564. The number of hydrogen-bond donors (Lipinski definition) is 2. The van der Waals surface area contributed by atoms with Crippen molar-refractivity contribution >= 4 is 29.2 Å². The van der Waals surface area contributed by atoms with Crippen molar-refractivity contribution in [2.24, 2.45) is 0 Å². The van der Waals surface area contributed by atoms with E-state index in [0.29, 0.717) is 30.0 Å². The lowest BCUT2D eigenvalue weighted by atomic mass is 10.2. The molecule has 2 aliphatic heterocycles. The van der Waals surface area contributed by atoms with Crippen LogP contribution in [0.15, 0.2) is 72.9 Å². The molecule has 3 N–H and O–H groups in total. The summed E-state index contributed by atoms with van der Waals surface area (Å²) in [6.07, 6.45) is 3.21. The number of ether oxygens (including phenoxy) is 1. The van der Waals surface area contributed by atoms with Crippen LogP contribution in [-0.2, 0) is 11.3 Å². The minimum absolute atomic E-state index is 0.0906. The maximum atomic E-state index is 12.8. The van der Waals surface area contributed by atoms with Crippen LogP contribution in [0.2, 0.25) is 0 Å². The van der Waals surface area contributed by atoms with E-state index >= 15 is 0 Å². The first kappa shape index (κ1) is 21.8. The van der Waals surface area contributed by atoms with E-state index in [1.54, 1.807) is 24.4 Å². The van der Waals surface area contributed by atoms with Crippen molar-refractivity contribution in [2.45, 2.75) is 31.5 Å². The Morgan fingerprint density at radius 3 is 2.35 bits per heavy atom. The molecule has 174 valence electrons. The van der Waals surface area contributed by atoms with Crippen molar-refractivity contribution in [3.8, 4) is 0 Å². The Labute approximate surface area is 198 Å². The Kier molecular flexibility index (Phi) is 6.03. The Hall–Kier alpha value is -4.07. The van der Waals surface area contributed by atoms with E-state index in [0.717, 1.165) is 24.2 Å². The summed E-state index contributed by atoms with van der Waals surface area (Å²) in [6, 6.07) is 20.6. The highest BCUT2D eigenvalue weighted by molar-refractivity contribution is 6.05. The number of amides is 2. The predicted molar refractivity (Wildman–Crippen MR) is 131 cm³/mol. The number of nitrogen functional groups attached to an aromatic ring is 1. The van der Waals surface area contributed by atoms with Crippen molar-refractivity contribution in [1.82, 2.24) is 9.88 Å². The Bertz CT molecular complexity index is 1150. The lowest BCUT2D eigenvalue weighted by molar-refractivity contribution is 0.0732. The number of nitrogens with one attached hydrogen (secondary N) is 1. The maximum Gasteiger partial charge on any atom is 0.410 e. The number of para-hydroxylation sites is 2. The molecule has 8 nitrogen and oxygen atoms in total. The minimum atomic E-state index is -0.261. The second kappa shape index (κ2) is 9.43. The molecule has 0 unspecified atom stereocenters. The molecule has 8 heteroatoms. The molecule has 2 aliphatic rings. The summed E-state index contributed by atoms with van der Waals surface area (Å²) in [4.78, 5) is 34.0.